The normalized spacial score (nSPS) is 11.7. The Hall–Kier alpha value is -7.95. The molecule has 0 radical (unpaired) electrons. The van der Waals surface area contributed by atoms with Gasteiger partial charge in [-0.1, -0.05) is 152 Å². The molecule has 2 aromatic heterocycles. The number of rotatable bonds is 6. The zero-order valence-corrected chi connectivity index (χ0v) is 32.0. The van der Waals surface area contributed by atoms with Crippen molar-refractivity contribution in [3.8, 4) is 28.3 Å². The Labute approximate surface area is 340 Å². The van der Waals surface area contributed by atoms with Crippen molar-refractivity contribution in [1.82, 2.24) is 9.55 Å². The van der Waals surface area contributed by atoms with Crippen LogP contribution < -0.4 is 4.90 Å². The van der Waals surface area contributed by atoms with E-state index in [4.69, 9.17) is 9.40 Å². The van der Waals surface area contributed by atoms with Crippen LogP contribution in [0.5, 0.6) is 0 Å². The standard InChI is InChI=1S/C55H35N3O/c1-3-16-37(17-4-1)55-56-48-28-15-27-42(54(48)59-55)36-30-32-40(33-31-36)58(50-34-38-18-7-8-21-41(38)43-22-9-10-23-44(43)50)51-35-52-53(46-25-12-11-24-45(46)51)47-26-13-14-29-49(47)57(52)39-19-5-2-6-20-39/h1-35H. The molecule has 0 saturated carbocycles. The van der Waals surface area contributed by atoms with Gasteiger partial charge in [-0.3, -0.25) is 0 Å². The lowest BCUT2D eigenvalue weighted by molar-refractivity contribution is 0.621. The van der Waals surface area contributed by atoms with Crippen molar-refractivity contribution in [2.24, 2.45) is 0 Å². The predicted octanol–water partition coefficient (Wildman–Crippen LogP) is 15.2. The minimum absolute atomic E-state index is 0.620. The molecule has 0 bridgehead atoms. The molecule has 59 heavy (non-hydrogen) atoms. The van der Waals surface area contributed by atoms with Crippen LogP contribution >= 0.6 is 0 Å². The van der Waals surface area contributed by atoms with Crippen LogP contribution in [-0.2, 0) is 0 Å². The first-order valence-electron chi connectivity index (χ1n) is 20.0. The number of nitrogens with zero attached hydrogens (tertiary/aromatic N) is 3. The van der Waals surface area contributed by atoms with Crippen molar-refractivity contribution in [1.29, 1.82) is 0 Å². The Bertz CT molecular complexity index is 3550. The van der Waals surface area contributed by atoms with Crippen molar-refractivity contribution in [3.63, 3.8) is 0 Å². The fourth-order valence-corrected chi connectivity index (χ4v) is 9.15. The molecule has 0 N–H and O–H groups in total. The van der Waals surface area contributed by atoms with Gasteiger partial charge in [0.05, 0.1) is 22.4 Å². The van der Waals surface area contributed by atoms with Gasteiger partial charge in [-0.15, -0.1) is 0 Å². The van der Waals surface area contributed by atoms with Gasteiger partial charge in [0.15, 0.2) is 5.58 Å². The second kappa shape index (κ2) is 13.3. The summed E-state index contributed by atoms with van der Waals surface area (Å²) in [6.07, 6.45) is 0. The van der Waals surface area contributed by atoms with Gasteiger partial charge in [0, 0.05) is 44.0 Å². The molecule has 2 heterocycles. The van der Waals surface area contributed by atoms with Gasteiger partial charge in [0.1, 0.15) is 5.52 Å². The number of oxazole rings is 1. The van der Waals surface area contributed by atoms with Crippen LogP contribution in [0.4, 0.5) is 17.1 Å². The van der Waals surface area contributed by atoms with Gasteiger partial charge in [-0.05, 0) is 87.8 Å². The zero-order chi connectivity index (χ0) is 38.9. The molecule has 0 spiro atoms. The van der Waals surface area contributed by atoms with Gasteiger partial charge in [-0.2, -0.15) is 0 Å². The summed E-state index contributed by atoms with van der Waals surface area (Å²) in [7, 11) is 0. The average molecular weight is 754 g/mol. The molecule has 0 aliphatic heterocycles. The summed E-state index contributed by atoms with van der Waals surface area (Å²) in [5.41, 5.74) is 11.4. The Morgan fingerprint density at radius 2 is 1.03 bits per heavy atom. The van der Waals surface area contributed by atoms with Crippen LogP contribution in [0.1, 0.15) is 0 Å². The minimum Gasteiger partial charge on any atom is -0.435 e. The van der Waals surface area contributed by atoms with E-state index in [0.717, 1.165) is 56.1 Å². The third-order valence-corrected chi connectivity index (χ3v) is 11.8. The topological polar surface area (TPSA) is 34.2 Å². The first kappa shape index (κ1) is 33.2. The van der Waals surface area contributed by atoms with Crippen LogP contribution in [0.15, 0.2) is 217 Å². The van der Waals surface area contributed by atoms with Gasteiger partial charge >= 0.3 is 0 Å². The van der Waals surface area contributed by atoms with Crippen LogP contribution in [0.2, 0.25) is 0 Å². The fraction of sp³-hybridized carbons (Fsp3) is 0. The minimum atomic E-state index is 0.620. The van der Waals surface area contributed by atoms with E-state index in [1.54, 1.807) is 0 Å². The summed E-state index contributed by atoms with van der Waals surface area (Å²) in [6.45, 7) is 0. The molecule has 0 aliphatic rings. The molecule has 276 valence electrons. The Kier molecular flexibility index (Phi) is 7.50. The highest BCUT2D eigenvalue weighted by atomic mass is 16.3. The maximum atomic E-state index is 6.48. The average Bonchev–Trinajstić information content (AvgIpc) is 3.90. The first-order valence-corrected chi connectivity index (χ1v) is 20.0. The Morgan fingerprint density at radius 1 is 0.424 bits per heavy atom. The van der Waals surface area contributed by atoms with E-state index in [0.29, 0.717) is 5.89 Å². The number of fused-ring (bicyclic) bond motifs is 9. The number of para-hydroxylation sites is 3. The molecule has 0 saturated heterocycles. The summed E-state index contributed by atoms with van der Waals surface area (Å²) >= 11 is 0. The van der Waals surface area contributed by atoms with Crippen LogP contribution in [-0.4, -0.2) is 9.55 Å². The third kappa shape index (κ3) is 5.27. The number of hydrogen-bond acceptors (Lipinski definition) is 3. The highest BCUT2D eigenvalue weighted by Gasteiger charge is 2.24. The van der Waals surface area contributed by atoms with E-state index in [1.807, 2.05) is 36.4 Å². The van der Waals surface area contributed by atoms with Crippen LogP contribution in [0.3, 0.4) is 0 Å². The van der Waals surface area contributed by atoms with Gasteiger partial charge in [0.2, 0.25) is 5.89 Å². The van der Waals surface area contributed by atoms with Gasteiger partial charge < -0.3 is 13.9 Å². The molecule has 0 aliphatic carbocycles. The quantitative estimate of drug-likeness (QED) is 0.159. The van der Waals surface area contributed by atoms with Crippen LogP contribution in [0, 0.1) is 0 Å². The molecule has 4 heteroatoms. The van der Waals surface area contributed by atoms with E-state index in [9.17, 15) is 0 Å². The van der Waals surface area contributed by atoms with E-state index in [2.05, 4.69) is 185 Å². The summed E-state index contributed by atoms with van der Waals surface area (Å²) in [6, 6.07) is 75.9. The second-order valence-electron chi connectivity index (χ2n) is 15.1. The highest BCUT2D eigenvalue weighted by Crippen LogP contribution is 2.48. The molecule has 0 fully saturated rings. The lowest BCUT2D eigenvalue weighted by Crippen LogP contribution is -2.11. The lowest BCUT2D eigenvalue weighted by Gasteiger charge is -2.29. The zero-order valence-electron chi connectivity index (χ0n) is 32.0. The third-order valence-electron chi connectivity index (χ3n) is 11.8. The Morgan fingerprint density at radius 3 is 1.81 bits per heavy atom. The van der Waals surface area contributed by atoms with Crippen molar-refractivity contribution < 1.29 is 4.42 Å². The summed E-state index contributed by atoms with van der Waals surface area (Å²) in [4.78, 5) is 7.34. The molecule has 12 aromatic rings. The monoisotopic (exact) mass is 753 g/mol. The fourth-order valence-electron chi connectivity index (χ4n) is 9.15. The molecule has 0 unspecified atom stereocenters. The summed E-state index contributed by atoms with van der Waals surface area (Å²) < 4.78 is 8.90. The molecule has 0 amide bonds. The highest BCUT2D eigenvalue weighted by molar-refractivity contribution is 6.25. The van der Waals surface area contributed by atoms with E-state index in [-0.39, 0.29) is 0 Å². The maximum Gasteiger partial charge on any atom is 0.227 e. The number of aromatic nitrogens is 2. The largest absolute Gasteiger partial charge is 0.435 e. The van der Waals surface area contributed by atoms with Crippen molar-refractivity contribution in [2.75, 3.05) is 4.90 Å². The first-order chi connectivity index (χ1) is 29.3. The molecule has 4 nitrogen and oxygen atoms in total. The molecule has 12 rings (SSSR count). The SMILES string of the molecule is c1ccc(-c2nc3cccc(-c4ccc(N(c5cc6ccccc6c6ccccc56)c5cc6c(c7ccccc57)c5ccccc5n6-c5ccccc5)cc4)c3o2)cc1. The Balaban J connectivity index is 1.13. The molecular formula is C55H35N3O. The second-order valence-corrected chi connectivity index (χ2v) is 15.1. The van der Waals surface area contributed by atoms with E-state index >= 15 is 0 Å². The van der Waals surface area contributed by atoms with E-state index in [1.165, 1.54) is 48.6 Å². The predicted molar refractivity (Wildman–Crippen MR) is 246 cm³/mol. The molecule has 10 aromatic carbocycles. The van der Waals surface area contributed by atoms with Gasteiger partial charge in [-0.25, -0.2) is 4.98 Å². The summed E-state index contributed by atoms with van der Waals surface area (Å²) in [5.74, 6) is 0.620. The number of anilines is 3. The van der Waals surface area contributed by atoms with Crippen LogP contribution in [0.25, 0.3) is 93.5 Å². The smallest absolute Gasteiger partial charge is 0.227 e. The lowest BCUT2D eigenvalue weighted by atomic mass is 9.97. The molecule has 0 atom stereocenters. The number of hydrogen-bond donors (Lipinski definition) is 0. The summed E-state index contributed by atoms with van der Waals surface area (Å²) in [5, 5.41) is 9.70. The van der Waals surface area contributed by atoms with Crippen molar-refractivity contribution in [2.45, 2.75) is 0 Å². The number of benzene rings is 10. The maximum absolute atomic E-state index is 6.48. The molecular weight excluding hydrogens is 719 g/mol. The van der Waals surface area contributed by atoms with E-state index < -0.39 is 0 Å². The van der Waals surface area contributed by atoms with Crippen molar-refractivity contribution >= 4 is 82.3 Å². The van der Waals surface area contributed by atoms with Crippen molar-refractivity contribution in [3.05, 3.63) is 212 Å². The van der Waals surface area contributed by atoms with Gasteiger partial charge in [0.25, 0.3) is 0 Å².